The van der Waals surface area contributed by atoms with Crippen molar-refractivity contribution in [2.45, 2.75) is 23.9 Å². The Morgan fingerprint density at radius 1 is 1.12 bits per heavy atom. The van der Waals surface area contributed by atoms with Crippen molar-refractivity contribution in [3.05, 3.63) is 78.0 Å². The van der Waals surface area contributed by atoms with E-state index in [-0.39, 0.29) is 27.4 Å². The maximum atomic E-state index is 13.8. The molecule has 12 heteroatoms. The fraction of sp³-hybridized carbons (Fsp3) is 0.182. The zero-order valence-corrected chi connectivity index (χ0v) is 17.9. The molecule has 0 bridgehead atoms. The highest BCUT2D eigenvalue weighted by Crippen LogP contribution is 2.52. The Hall–Kier alpha value is -3.56. The lowest BCUT2D eigenvalue weighted by Crippen LogP contribution is -2.43. The van der Waals surface area contributed by atoms with E-state index in [4.69, 9.17) is 5.14 Å². The Morgan fingerprint density at radius 2 is 1.82 bits per heavy atom. The number of primary sulfonamides is 1. The van der Waals surface area contributed by atoms with Crippen LogP contribution >= 0.6 is 0 Å². The van der Waals surface area contributed by atoms with Gasteiger partial charge in [0.1, 0.15) is 17.4 Å². The average molecular weight is 494 g/mol. The van der Waals surface area contributed by atoms with Gasteiger partial charge in [0.05, 0.1) is 4.90 Å². The third-order valence-electron chi connectivity index (χ3n) is 5.33. The molecular formula is C22H15F5N4O2S. The SMILES string of the molecule is NS(=O)(=O)c1ccc(C#CC2=CCC(C(F)F)(C(F)(F)F)C=C2c2ncn3cccnc23)cc1. The van der Waals surface area contributed by atoms with E-state index in [2.05, 4.69) is 21.8 Å². The molecule has 0 saturated heterocycles. The molecule has 0 spiro atoms. The summed E-state index contributed by atoms with van der Waals surface area (Å²) >= 11 is 0. The highest BCUT2D eigenvalue weighted by molar-refractivity contribution is 7.89. The number of sulfonamides is 1. The highest BCUT2D eigenvalue weighted by Gasteiger charge is 2.60. The fourth-order valence-corrected chi connectivity index (χ4v) is 3.97. The summed E-state index contributed by atoms with van der Waals surface area (Å²) in [7, 11) is -3.91. The maximum absolute atomic E-state index is 13.8. The quantitative estimate of drug-likeness (QED) is 0.441. The summed E-state index contributed by atoms with van der Waals surface area (Å²) < 4.78 is 93.2. The summed E-state index contributed by atoms with van der Waals surface area (Å²) in [6.07, 6.45) is -4.20. The van der Waals surface area contributed by atoms with E-state index in [1.165, 1.54) is 41.2 Å². The van der Waals surface area contributed by atoms with Crippen LogP contribution < -0.4 is 5.14 Å². The molecular weight excluding hydrogens is 479 g/mol. The first-order chi connectivity index (χ1) is 15.9. The van der Waals surface area contributed by atoms with Crippen LogP contribution in [0.25, 0.3) is 11.2 Å². The van der Waals surface area contributed by atoms with Crippen molar-refractivity contribution in [2.75, 3.05) is 0 Å². The van der Waals surface area contributed by atoms with Gasteiger partial charge in [-0.15, -0.1) is 0 Å². The molecule has 1 aliphatic rings. The molecule has 6 nitrogen and oxygen atoms in total. The lowest BCUT2D eigenvalue weighted by Gasteiger charge is -2.34. The Morgan fingerprint density at radius 3 is 2.44 bits per heavy atom. The number of hydrogen-bond acceptors (Lipinski definition) is 4. The van der Waals surface area contributed by atoms with E-state index in [1.807, 2.05) is 0 Å². The van der Waals surface area contributed by atoms with E-state index in [0.717, 1.165) is 6.08 Å². The first kappa shape index (κ1) is 23.6. The molecule has 176 valence electrons. The number of nitrogens with two attached hydrogens (primary N) is 1. The Balaban J connectivity index is 1.83. The average Bonchev–Trinajstić information content (AvgIpc) is 3.20. The number of benzene rings is 1. The van der Waals surface area contributed by atoms with E-state index < -0.39 is 34.5 Å². The standard InChI is InChI=1S/C22H15F5N4O2S/c23-20(24)21(22(25,26)27)9-8-15(5-2-14-3-6-16(7-4-14)34(28,32)33)17(12-21)18-19-29-10-1-11-31(19)13-30-18/h1,3-4,6-8,10-13,20H,9H2,(H2,28,32,33). The van der Waals surface area contributed by atoms with Crippen molar-refractivity contribution >= 4 is 21.2 Å². The van der Waals surface area contributed by atoms with E-state index in [1.54, 1.807) is 12.3 Å². The molecule has 0 aliphatic heterocycles. The smallest absolute Gasteiger partial charge is 0.290 e. The maximum Gasteiger partial charge on any atom is 0.403 e. The van der Waals surface area contributed by atoms with Crippen LogP contribution in [0, 0.1) is 17.3 Å². The van der Waals surface area contributed by atoms with Crippen LogP contribution in [0.2, 0.25) is 0 Å². The van der Waals surface area contributed by atoms with Crippen molar-refractivity contribution < 1.29 is 30.4 Å². The largest absolute Gasteiger partial charge is 0.403 e. The highest BCUT2D eigenvalue weighted by atomic mass is 32.2. The molecule has 1 atom stereocenters. The zero-order chi connectivity index (χ0) is 24.7. The fourth-order valence-electron chi connectivity index (χ4n) is 3.46. The van der Waals surface area contributed by atoms with Crippen molar-refractivity contribution in [1.82, 2.24) is 14.4 Å². The predicted octanol–water partition coefficient (Wildman–Crippen LogP) is 3.96. The van der Waals surface area contributed by atoms with Crippen LogP contribution in [0.3, 0.4) is 0 Å². The van der Waals surface area contributed by atoms with Crippen molar-refractivity contribution in [1.29, 1.82) is 0 Å². The van der Waals surface area contributed by atoms with E-state index in [0.29, 0.717) is 11.6 Å². The molecule has 0 saturated carbocycles. The first-order valence-electron chi connectivity index (χ1n) is 9.63. The third kappa shape index (κ3) is 4.20. The molecule has 1 aromatic carbocycles. The molecule has 34 heavy (non-hydrogen) atoms. The Kier molecular flexibility index (Phi) is 5.79. The Bertz CT molecular complexity index is 1480. The predicted molar refractivity (Wildman–Crippen MR) is 113 cm³/mol. The Labute approximate surface area is 190 Å². The number of aromatic nitrogens is 3. The number of fused-ring (bicyclic) bond motifs is 1. The first-order valence-corrected chi connectivity index (χ1v) is 11.2. The van der Waals surface area contributed by atoms with Crippen LogP contribution in [0.5, 0.6) is 0 Å². The number of nitrogens with zero attached hydrogens (tertiary/aromatic N) is 3. The summed E-state index contributed by atoms with van der Waals surface area (Å²) in [6, 6.07) is 6.76. The van der Waals surface area contributed by atoms with Gasteiger partial charge in [0.25, 0.3) is 6.43 Å². The second-order valence-corrected chi connectivity index (χ2v) is 9.04. The molecule has 1 aliphatic carbocycles. The van der Waals surface area contributed by atoms with Crippen molar-refractivity contribution in [2.24, 2.45) is 10.6 Å². The van der Waals surface area contributed by atoms with Crippen LogP contribution in [0.15, 0.2) is 71.7 Å². The zero-order valence-electron chi connectivity index (χ0n) is 17.1. The molecule has 1 unspecified atom stereocenters. The van der Waals surface area contributed by atoms with Crippen molar-refractivity contribution in [3.63, 3.8) is 0 Å². The summed E-state index contributed by atoms with van der Waals surface area (Å²) in [5, 5.41) is 5.05. The minimum Gasteiger partial charge on any atom is -0.290 e. The monoisotopic (exact) mass is 494 g/mol. The number of rotatable bonds is 3. The number of imidazole rings is 1. The van der Waals surface area contributed by atoms with Gasteiger partial charge in [0.15, 0.2) is 5.65 Å². The molecule has 2 aromatic heterocycles. The van der Waals surface area contributed by atoms with Crippen LogP contribution in [-0.4, -0.2) is 35.4 Å². The van der Waals surface area contributed by atoms with Gasteiger partial charge >= 0.3 is 6.18 Å². The van der Waals surface area contributed by atoms with Crippen LogP contribution in [-0.2, 0) is 10.0 Å². The normalized spacial score (nSPS) is 18.9. The lowest BCUT2D eigenvalue weighted by molar-refractivity contribution is -0.242. The topological polar surface area (TPSA) is 90.4 Å². The third-order valence-corrected chi connectivity index (χ3v) is 6.26. The molecule has 4 rings (SSSR count). The van der Waals surface area contributed by atoms with Gasteiger partial charge in [-0.2, -0.15) is 13.2 Å². The second kappa shape index (κ2) is 8.34. The van der Waals surface area contributed by atoms with Gasteiger partial charge in [-0.3, -0.25) is 4.40 Å². The molecule has 0 fully saturated rings. The molecule has 2 heterocycles. The van der Waals surface area contributed by atoms with Gasteiger partial charge in [0, 0.05) is 29.1 Å². The van der Waals surface area contributed by atoms with Gasteiger partial charge in [0.2, 0.25) is 10.0 Å². The van der Waals surface area contributed by atoms with Crippen molar-refractivity contribution in [3.8, 4) is 11.8 Å². The summed E-state index contributed by atoms with van der Waals surface area (Å²) in [5.41, 5.74) is -3.09. The van der Waals surface area contributed by atoms with Gasteiger partial charge in [-0.25, -0.2) is 32.3 Å². The second-order valence-electron chi connectivity index (χ2n) is 7.48. The van der Waals surface area contributed by atoms with Gasteiger partial charge < -0.3 is 0 Å². The van der Waals surface area contributed by atoms with Gasteiger partial charge in [-0.1, -0.05) is 24.0 Å². The minimum absolute atomic E-state index is 0.0281. The number of allylic oxidation sites excluding steroid dienone is 4. The van der Waals surface area contributed by atoms with E-state index in [9.17, 15) is 30.4 Å². The van der Waals surface area contributed by atoms with Crippen LogP contribution in [0.4, 0.5) is 22.0 Å². The molecule has 2 N–H and O–H groups in total. The molecule has 0 radical (unpaired) electrons. The number of hydrogen-bond donors (Lipinski definition) is 1. The summed E-state index contributed by atoms with van der Waals surface area (Å²) in [5.74, 6) is 5.41. The van der Waals surface area contributed by atoms with Crippen LogP contribution in [0.1, 0.15) is 17.7 Å². The lowest BCUT2D eigenvalue weighted by atomic mass is 9.76. The molecule has 3 aromatic rings. The summed E-state index contributed by atoms with van der Waals surface area (Å²) in [6.45, 7) is 0. The minimum atomic E-state index is -5.23. The van der Waals surface area contributed by atoms with E-state index >= 15 is 0 Å². The summed E-state index contributed by atoms with van der Waals surface area (Å²) in [4.78, 5) is 8.06. The molecule has 0 amide bonds. The number of alkyl halides is 5. The van der Waals surface area contributed by atoms with Gasteiger partial charge in [-0.05, 0) is 36.8 Å². The number of halogens is 5.